The summed E-state index contributed by atoms with van der Waals surface area (Å²) in [6.45, 7) is 7.36. The van der Waals surface area contributed by atoms with Crippen LogP contribution >= 0.6 is 0 Å². The number of nitrogens with zero attached hydrogens (tertiary/aromatic N) is 5. The van der Waals surface area contributed by atoms with E-state index in [0.717, 1.165) is 19.6 Å². The topological polar surface area (TPSA) is 74.5 Å². The lowest BCUT2D eigenvalue weighted by Gasteiger charge is -2.47. The van der Waals surface area contributed by atoms with E-state index in [-0.39, 0.29) is 5.69 Å². The molecule has 1 N–H and O–H groups in total. The molecule has 0 radical (unpaired) electrons. The number of aromatic nitrogens is 3. The van der Waals surface area contributed by atoms with Gasteiger partial charge in [0.05, 0.1) is 12.7 Å². The van der Waals surface area contributed by atoms with E-state index in [0.29, 0.717) is 18.6 Å². The first-order valence-corrected chi connectivity index (χ1v) is 7.75. The minimum Gasteiger partial charge on any atom is -0.476 e. The van der Waals surface area contributed by atoms with Crippen LogP contribution in [0.1, 0.15) is 36.7 Å². The number of fused-ring (bicyclic) bond motifs is 1. The van der Waals surface area contributed by atoms with Gasteiger partial charge < -0.3 is 5.11 Å². The Morgan fingerprint density at radius 2 is 2.24 bits per heavy atom. The van der Waals surface area contributed by atoms with Crippen LogP contribution in [0.2, 0.25) is 0 Å². The van der Waals surface area contributed by atoms with Crippen molar-refractivity contribution in [3.05, 3.63) is 11.9 Å². The van der Waals surface area contributed by atoms with Crippen molar-refractivity contribution in [1.82, 2.24) is 24.8 Å². The third-order valence-corrected chi connectivity index (χ3v) is 4.69. The number of carboxylic acid groups (broad SMARTS) is 1. The van der Waals surface area contributed by atoms with Gasteiger partial charge in [0.2, 0.25) is 0 Å². The van der Waals surface area contributed by atoms with Crippen molar-refractivity contribution in [1.29, 1.82) is 0 Å². The van der Waals surface area contributed by atoms with Crippen molar-refractivity contribution in [2.45, 2.75) is 44.8 Å². The number of carbonyl (C=O) groups is 1. The number of hydrogen-bond acceptors (Lipinski definition) is 5. The summed E-state index contributed by atoms with van der Waals surface area (Å²) in [5, 5.41) is 16.4. The van der Waals surface area contributed by atoms with Gasteiger partial charge in [-0.05, 0) is 26.3 Å². The van der Waals surface area contributed by atoms with Gasteiger partial charge in [0.1, 0.15) is 0 Å². The highest BCUT2D eigenvalue weighted by atomic mass is 16.4. The summed E-state index contributed by atoms with van der Waals surface area (Å²) >= 11 is 0. The Kier molecular flexibility index (Phi) is 4.21. The van der Waals surface area contributed by atoms with Crippen molar-refractivity contribution in [3.8, 4) is 0 Å². The lowest BCUT2D eigenvalue weighted by Crippen LogP contribution is -2.59. The molecule has 2 unspecified atom stereocenters. The summed E-state index contributed by atoms with van der Waals surface area (Å²) < 4.78 is 1.63. The normalized spacial score (nSPS) is 27.5. The van der Waals surface area contributed by atoms with Crippen molar-refractivity contribution in [2.24, 2.45) is 0 Å². The van der Waals surface area contributed by atoms with E-state index in [2.05, 4.69) is 27.0 Å². The highest BCUT2D eigenvalue weighted by Crippen LogP contribution is 2.23. The molecule has 21 heavy (non-hydrogen) atoms. The summed E-state index contributed by atoms with van der Waals surface area (Å²) in [6, 6.07) is 1.24. The summed E-state index contributed by atoms with van der Waals surface area (Å²) in [4.78, 5) is 15.9. The molecule has 0 aliphatic carbocycles. The third kappa shape index (κ3) is 3.24. The summed E-state index contributed by atoms with van der Waals surface area (Å²) in [5.41, 5.74) is 0.0140. The fourth-order valence-electron chi connectivity index (χ4n) is 3.46. The van der Waals surface area contributed by atoms with Gasteiger partial charge in [0, 0.05) is 31.7 Å². The van der Waals surface area contributed by atoms with E-state index in [1.807, 2.05) is 0 Å². The van der Waals surface area contributed by atoms with Crippen molar-refractivity contribution in [2.75, 3.05) is 26.2 Å². The van der Waals surface area contributed by atoms with Crippen LogP contribution in [0.5, 0.6) is 0 Å². The second-order valence-electron chi connectivity index (χ2n) is 6.16. The largest absolute Gasteiger partial charge is 0.476 e. The molecule has 3 heterocycles. The highest BCUT2D eigenvalue weighted by Gasteiger charge is 2.32. The van der Waals surface area contributed by atoms with Crippen LogP contribution in [0.3, 0.4) is 0 Å². The molecule has 7 nitrogen and oxygen atoms in total. The van der Waals surface area contributed by atoms with Crippen LogP contribution in [-0.4, -0.2) is 74.1 Å². The van der Waals surface area contributed by atoms with Crippen molar-refractivity contribution < 1.29 is 9.90 Å². The van der Waals surface area contributed by atoms with Gasteiger partial charge in [-0.25, -0.2) is 4.79 Å². The number of piperazine rings is 1. The van der Waals surface area contributed by atoms with E-state index in [4.69, 9.17) is 5.11 Å². The van der Waals surface area contributed by atoms with Gasteiger partial charge in [-0.3, -0.25) is 14.5 Å². The Morgan fingerprint density at radius 1 is 1.38 bits per heavy atom. The molecule has 3 rings (SSSR count). The molecule has 7 heteroatoms. The molecular weight excluding hydrogens is 270 g/mol. The predicted octanol–water partition coefficient (Wildman–Crippen LogP) is 0.535. The quantitative estimate of drug-likeness (QED) is 0.873. The van der Waals surface area contributed by atoms with Crippen molar-refractivity contribution >= 4 is 5.97 Å². The maximum Gasteiger partial charge on any atom is 0.358 e. The van der Waals surface area contributed by atoms with Gasteiger partial charge in [-0.2, -0.15) is 0 Å². The second-order valence-corrected chi connectivity index (χ2v) is 6.16. The number of rotatable bonds is 4. The monoisotopic (exact) mass is 293 g/mol. The molecule has 2 fully saturated rings. The molecule has 0 spiro atoms. The summed E-state index contributed by atoms with van der Waals surface area (Å²) in [5.74, 6) is -1.02. The molecule has 2 saturated heterocycles. The maximum absolute atomic E-state index is 10.8. The zero-order valence-electron chi connectivity index (χ0n) is 12.5. The molecule has 2 aliphatic heterocycles. The van der Waals surface area contributed by atoms with Crippen LogP contribution in [0.4, 0.5) is 0 Å². The minimum absolute atomic E-state index is 0.0140. The maximum atomic E-state index is 10.8. The van der Waals surface area contributed by atoms with Crippen molar-refractivity contribution in [3.63, 3.8) is 0 Å². The zero-order valence-corrected chi connectivity index (χ0v) is 12.5. The molecule has 0 aromatic carbocycles. The lowest BCUT2D eigenvalue weighted by atomic mass is 9.97. The van der Waals surface area contributed by atoms with Gasteiger partial charge >= 0.3 is 5.97 Å². The number of carboxylic acids is 1. The van der Waals surface area contributed by atoms with Gasteiger partial charge in [-0.15, -0.1) is 5.10 Å². The number of piperidine rings is 1. The van der Waals surface area contributed by atoms with Crippen LogP contribution in [0.25, 0.3) is 0 Å². The van der Waals surface area contributed by atoms with E-state index >= 15 is 0 Å². The first-order chi connectivity index (χ1) is 10.1. The molecule has 1 aromatic heterocycles. The fourth-order valence-corrected chi connectivity index (χ4v) is 3.46. The van der Waals surface area contributed by atoms with Gasteiger partial charge in [-0.1, -0.05) is 11.6 Å². The number of hydrogen-bond donors (Lipinski definition) is 1. The van der Waals surface area contributed by atoms with E-state index < -0.39 is 5.97 Å². The average molecular weight is 293 g/mol. The third-order valence-electron chi connectivity index (χ3n) is 4.69. The van der Waals surface area contributed by atoms with Crippen LogP contribution in [0, 0.1) is 0 Å². The minimum atomic E-state index is -1.02. The summed E-state index contributed by atoms with van der Waals surface area (Å²) in [7, 11) is 0. The zero-order chi connectivity index (χ0) is 14.8. The standard InChI is InChI=1S/C14H23N5O2/c1-11-8-18-5-3-2-4-12(18)9-17(11)6-7-19-10-13(14(20)21)15-16-19/h10-12H,2-9H2,1H3,(H,20,21). The molecule has 1 aromatic rings. The Labute approximate surface area is 124 Å². The first-order valence-electron chi connectivity index (χ1n) is 7.75. The summed E-state index contributed by atoms with van der Waals surface area (Å²) in [6.07, 6.45) is 5.48. The van der Waals surface area contributed by atoms with Gasteiger partial charge in [0.15, 0.2) is 5.69 Å². The van der Waals surface area contributed by atoms with Gasteiger partial charge in [0.25, 0.3) is 0 Å². The Balaban J connectivity index is 1.55. The smallest absolute Gasteiger partial charge is 0.358 e. The Bertz CT molecular complexity index is 503. The molecule has 116 valence electrons. The van der Waals surface area contributed by atoms with Crippen LogP contribution in [-0.2, 0) is 6.54 Å². The molecule has 2 aliphatic rings. The fraction of sp³-hybridized carbons (Fsp3) is 0.786. The SMILES string of the molecule is CC1CN2CCCCC2CN1CCn1cc(C(=O)O)nn1. The van der Waals surface area contributed by atoms with E-state index in [1.165, 1.54) is 32.0 Å². The Hall–Kier alpha value is -1.47. The Morgan fingerprint density at radius 3 is 3.00 bits per heavy atom. The highest BCUT2D eigenvalue weighted by molar-refractivity contribution is 5.84. The molecule has 0 amide bonds. The molecule has 2 atom stereocenters. The molecule has 0 bridgehead atoms. The molecule has 0 saturated carbocycles. The van der Waals surface area contributed by atoms with E-state index in [1.54, 1.807) is 4.68 Å². The predicted molar refractivity (Wildman–Crippen MR) is 77.2 cm³/mol. The molecular formula is C14H23N5O2. The number of aromatic carboxylic acids is 1. The van der Waals surface area contributed by atoms with Crippen LogP contribution < -0.4 is 0 Å². The second kappa shape index (κ2) is 6.11. The average Bonchev–Trinajstić information content (AvgIpc) is 2.94. The van der Waals surface area contributed by atoms with E-state index in [9.17, 15) is 4.79 Å². The van der Waals surface area contributed by atoms with Crippen LogP contribution in [0.15, 0.2) is 6.20 Å². The first kappa shape index (κ1) is 14.5. The lowest BCUT2D eigenvalue weighted by molar-refractivity contribution is 0.0133.